The number of phenolic OH excluding ortho intramolecular Hbond substituents is 1. The molecule has 2 N–H and O–H groups in total. The van der Waals surface area contributed by atoms with Crippen LogP contribution in [0.2, 0.25) is 0 Å². The van der Waals surface area contributed by atoms with Crippen LogP contribution in [0.3, 0.4) is 0 Å². The maximum atomic E-state index is 12.1. The average molecular weight is 438 g/mol. The molecule has 0 saturated carbocycles. The van der Waals surface area contributed by atoms with Gasteiger partial charge in [-0.25, -0.2) is 5.43 Å². The predicted octanol–water partition coefficient (Wildman–Crippen LogP) is 2.60. The smallest absolute Gasteiger partial charge is 0.284 e. The van der Waals surface area contributed by atoms with Crippen LogP contribution in [0.25, 0.3) is 0 Å². The summed E-state index contributed by atoms with van der Waals surface area (Å²) in [5, 5.41) is 13.9. The minimum absolute atomic E-state index is 0.117. The second kappa shape index (κ2) is 7.08. The Hall–Kier alpha value is -2.29. The lowest BCUT2D eigenvalue weighted by atomic mass is 10.1. The number of hydrazone groups is 1. The average Bonchev–Trinajstić information content (AvgIpc) is 2.58. The molecule has 0 fully saturated rings. The number of halogens is 1. The summed E-state index contributed by atoms with van der Waals surface area (Å²) < 4.78 is 12.1. The van der Waals surface area contributed by atoms with E-state index in [4.69, 9.17) is 9.47 Å². The van der Waals surface area contributed by atoms with Crippen LogP contribution in [0.15, 0.2) is 41.5 Å². The first-order valence-electron chi connectivity index (χ1n) is 7.25. The van der Waals surface area contributed by atoms with Crippen molar-refractivity contribution in [1.29, 1.82) is 0 Å². The first kappa shape index (κ1) is 16.6. The highest BCUT2D eigenvalue weighted by atomic mass is 127. The fraction of sp³-hybridized carbons (Fsp3) is 0.176. The summed E-state index contributed by atoms with van der Waals surface area (Å²) in [4.78, 5) is 12.1. The number of hydrogen-bond acceptors (Lipinski definition) is 5. The first-order chi connectivity index (χ1) is 11.5. The number of amides is 1. The Morgan fingerprint density at radius 1 is 1.38 bits per heavy atom. The van der Waals surface area contributed by atoms with E-state index in [2.05, 4.69) is 33.1 Å². The zero-order valence-electron chi connectivity index (χ0n) is 12.8. The molecule has 1 aliphatic rings. The van der Waals surface area contributed by atoms with Gasteiger partial charge in [-0.3, -0.25) is 4.79 Å². The van der Waals surface area contributed by atoms with Gasteiger partial charge in [-0.15, -0.1) is 0 Å². The van der Waals surface area contributed by atoms with E-state index in [1.807, 2.05) is 18.2 Å². The van der Waals surface area contributed by atoms with Crippen molar-refractivity contribution in [1.82, 2.24) is 5.43 Å². The van der Waals surface area contributed by atoms with Crippen LogP contribution >= 0.6 is 22.6 Å². The van der Waals surface area contributed by atoms with E-state index in [9.17, 15) is 9.90 Å². The molecule has 0 aliphatic carbocycles. The van der Waals surface area contributed by atoms with Crippen molar-refractivity contribution in [2.75, 3.05) is 6.61 Å². The third-order valence-electron chi connectivity index (χ3n) is 3.47. The Labute approximate surface area is 152 Å². The van der Waals surface area contributed by atoms with E-state index in [1.165, 1.54) is 6.21 Å². The summed E-state index contributed by atoms with van der Waals surface area (Å²) in [7, 11) is 0. The Kier molecular flexibility index (Phi) is 4.89. The lowest BCUT2D eigenvalue weighted by Gasteiger charge is -2.24. The maximum Gasteiger partial charge on any atom is 0.284 e. The molecule has 0 unspecified atom stereocenters. The van der Waals surface area contributed by atoms with Gasteiger partial charge in [0.15, 0.2) is 11.5 Å². The molecule has 6 nitrogen and oxygen atoms in total. The van der Waals surface area contributed by atoms with Crippen LogP contribution in [-0.2, 0) is 4.79 Å². The highest BCUT2D eigenvalue weighted by Crippen LogP contribution is 2.30. The molecular formula is C17H15IN2O4. The molecule has 124 valence electrons. The highest BCUT2D eigenvalue weighted by Gasteiger charge is 2.26. The molecule has 0 radical (unpaired) electrons. The molecule has 0 saturated heterocycles. The molecule has 2 aromatic carbocycles. The minimum Gasteiger partial charge on any atom is -0.507 e. The van der Waals surface area contributed by atoms with E-state index in [1.54, 1.807) is 25.1 Å². The Bertz CT molecular complexity index is 807. The van der Waals surface area contributed by atoms with E-state index in [0.29, 0.717) is 17.1 Å². The summed E-state index contributed by atoms with van der Waals surface area (Å²) in [5.74, 6) is 0.866. The predicted molar refractivity (Wildman–Crippen MR) is 97.7 cm³/mol. The number of benzene rings is 2. The van der Waals surface area contributed by atoms with Crippen molar-refractivity contribution >= 4 is 34.7 Å². The lowest BCUT2D eigenvalue weighted by Crippen LogP contribution is -2.42. The number of aryl methyl sites for hydroxylation is 1. The van der Waals surface area contributed by atoms with Crippen molar-refractivity contribution in [3.05, 3.63) is 51.1 Å². The molecule has 0 bridgehead atoms. The van der Waals surface area contributed by atoms with Crippen molar-refractivity contribution in [3.63, 3.8) is 0 Å². The van der Waals surface area contributed by atoms with Crippen molar-refractivity contribution in [2.45, 2.75) is 13.0 Å². The second-order valence-electron chi connectivity index (χ2n) is 5.26. The number of nitrogens with zero attached hydrogens (tertiary/aromatic N) is 1. The third kappa shape index (κ3) is 3.61. The number of para-hydroxylation sites is 2. The molecule has 2 aromatic rings. The van der Waals surface area contributed by atoms with E-state index < -0.39 is 12.0 Å². The maximum absolute atomic E-state index is 12.1. The number of nitrogens with one attached hydrogen (secondary N) is 1. The zero-order valence-corrected chi connectivity index (χ0v) is 15.0. The van der Waals surface area contributed by atoms with E-state index in [-0.39, 0.29) is 12.4 Å². The third-order valence-corrected chi connectivity index (χ3v) is 4.10. The number of rotatable bonds is 3. The largest absolute Gasteiger partial charge is 0.507 e. The SMILES string of the molecule is Cc1cc(I)cc(/C=N\NC(=O)[C@H]2COc3ccccc3O2)c1O. The van der Waals surface area contributed by atoms with Gasteiger partial charge < -0.3 is 14.6 Å². The normalized spacial score (nSPS) is 16.2. The summed E-state index contributed by atoms with van der Waals surface area (Å²) in [6.07, 6.45) is 0.628. The number of hydrogen-bond donors (Lipinski definition) is 2. The molecule has 1 atom stereocenters. The molecule has 24 heavy (non-hydrogen) atoms. The number of ether oxygens (including phenoxy) is 2. The molecule has 0 aromatic heterocycles. The monoisotopic (exact) mass is 438 g/mol. The van der Waals surface area contributed by atoms with Crippen LogP contribution in [0.5, 0.6) is 17.2 Å². The van der Waals surface area contributed by atoms with Gasteiger partial charge in [-0.2, -0.15) is 5.10 Å². The number of carbonyl (C=O) groups excluding carboxylic acids is 1. The standard InChI is InChI=1S/C17H15IN2O4/c1-10-6-12(18)7-11(16(10)21)8-19-20-17(22)15-9-23-13-4-2-3-5-14(13)24-15/h2-8,15,21H,9H2,1H3,(H,20,22)/b19-8-/t15-/m1/s1. The lowest BCUT2D eigenvalue weighted by molar-refractivity contribution is -0.130. The fourth-order valence-corrected chi connectivity index (χ4v) is 3.05. The van der Waals surface area contributed by atoms with E-state index in [0.717, 1.165) is 9.13 Å². The van der Waals surface area contributed by atoms with Gasteiger partial charge >= 0.3 is 0 Å². The Morgan fingerprint density at radius 2 is 2.12 bits per heavy atom. The molecule has 1 aliphatic heterocycles. The minimum atomic E-state index is -0.775. The first-order valence-corrected chi connectivity index (χ1v) is 8.33. The molecule has 3 rings (SSSR count). The molecule has 0 spiro atoms. The van der Waals surface area contributed by atoms with Crippen molar-refractivity contribution in [2.24, 2.45) is 5.10 Å². The summed E-state index contributed by atoms with van der Waals surface area (Å²) in [6.45, 7) is 1.92. The van der Waals surface area contributed by atoms with Gasteiger partial charge in [0.1, 0.15) is 12.4 Å². The summed E-state index contributed by atoms with van der Waals surface area (Å²) in [5.41, 5.74) is 3.69. The topological polar surface area (TPSA) is 80.2 Å². The van der Waals surface area contributed by atoms with Gasteiger partial charge in [0, 0.05) is 9.13 Å². The summed E-state index contributed by atoms with van der Waals surface area (Å²) >= 11 is 2.15. The Morgan fingerprint density at radius 3 is 2.92 bits per heavy atom. The number of phenols is 1. The van der Waals surface area contributed by atoms with Crippen LogP contribution in [0, 0.1) is 10.5 Å². The molecular weight excluding hydrogens is 423 g/mol. The number of carbonyl (C=O) groups is 1. The van der Waals surface area contributed by atoms with Gasteiger partial charge in [-0.1, -0.05) is 12.1 Å². The van der Waals surface area contributed by atoms with Crippen molar-refractivity contribution < 1.29 is 19.4 Å². The zero-order chi connectivity index (χ0) is 17.1. The van der Waals surface area contributed by atoms with Crippen LogP contribution in [0.4, 0.5) is 0 Å². The van der Waals surface area contributed by atoms with Crippen molar-refractivity contribution in [3.8, 4) is 17.2 Å². The van der Waals surface area contributed by atoms with Gasteiger partial charge in [0.05, 0.1) is 6.21 Å². The van der Waals surface area contributed by atoms with Gasteiger partial charge in [0.25, 0.3) is 5.91 Å². The molecule has 1 heterocycles. The van der Waals surface area contributed by atoms with Crippen LogP contribution in [-0.4, -0.2) is 29.9 Å². The Balaban J connectivity index is 1.64. The number of aromatic hydroxyl groups is 1. The van der Waals surface area contributed by atoms with Gasteiger partial charge in [0.2, 0.25) is 6.10 Å². The second-order valence-corrected chi connectivity index (χ2v) is 6.50. The molecule has 7 heteroatoms. The summed E-state index contributed by atoms with van der Waals surface area (Å²) in [6, 6.07) is 10.8. The van der Waals surface area contributed by atoms with Crippen LogP contribution < -0.4 is 14.9 Å². The quantitative estimate of drug-likeness (QED) is 0.439. The van der Waals surface area contributed by atoms with Gasteiger partial charge in [-0.05, 0) is 59.3 Å². The van der Waals surface area contributed by atoms with E-state index >= 15 is 0 Å². The van der Waals surface area contributed by atoms with Crippen LogP contribution in [0.1, 0.15) is 11.1 Å². The fourth-order valence-electron chi connectivity index (χ4n) is 2.25. The molecule has 1 amide bonds. The highest BCUT2D eigenvalue weighted by molar-refractivity contribution is 14.1. The number of fused-ring (bicyclic) bond motifs is 1.